The molecule has 1 fully saturated rings. The molecule has 1 aromatic heterocycles. The average Bonchev–Trinajstić information content (AvgIpc) is 3.07. The molecule has 0 bridgehead atoms. The molecule has 1 aliphatic rings. The molecule has 6 heteroatoms. The van der Waals surface area contributed by atoms with Crippen molar-refractivity contribution in [3.05, 3.63) is 42.0 Å². The summed E-state index contributed by atoms with van der Waals surface area (Å²) in [6.07, 6.45) is 1.38. The van der Waals surface area contributed by atoms with E-state index in [2.05, 4.69) is 17.1 Å². The van der Waals surface area contributed by atoms with E-state index < -0.39 is 6.04 Å². The zero-order valence-corrected chi connectivity index (χ0v) is 14.0. The van der Waals surface area contributed by atoms with Gasteiger partial charge in [0.2, 0.25) is 5.91 Å². The van der Waals surface area contributed by atoms with Crippen LogP contribution in [-0.2, 0) is 16.0 Å². The highest BCUT2D eigenvalue weighted by molar-refractivity contribution is 5.84. The first-order valence-electron chi connectivity index (χ1n) is 8.14. The summed E-state index contributed by atoms with van der Waals surface area (Å²) in [6, 6.07) is 11.6. The number of aromatic nitrogens is 2. The second kappa shape index (κ2) is 6.97. The fraction of sp³-hybridized carbons (Fsp3) is 0.389. The van der Waals surface area contributed by atoms with Crippen LogP contribution in [0.2, 0.25) is 0 Å². The highest BCUT2D eigenvalue weighted by atomic mass is 16.5. The largest absolute Gasteiger partial charge is 0.380 e. The molecule has 1 aliphatic heterocycles. The van der Waals surface area contributed by atoms with Crippen molar-refractivity contribution >= 4 is 11.7 Å². The first kappa shape index (κ1) is 16.4. The van der Waals surface area contributed by atoms with Gasteiger partial charge in [0.1, 0.15) is 6.04 Å². The van der Waals surface area contributed by atoms with Crippen molar-refractivity contribution in [2.24, 2.45) is 5.73 Å². The summed E-state index contributed by atoms with van der Waals surface area (Å²) in [6.45, 7) is 2.67. The topological polar surface area (TPSA) is 81.3 Å². The Morgan fingerprint density at radius 3 is 2.71 bits per heavy atom. The fourth-order valence-corrected chi connectivity index (χ4v) is 3.16. The second-order valence-electron chi connectivity index (χ2n) is 5.96. The maximum atomic E-state index is 11.8. The van der Waals surface area contributed by atoms with E-state index in [1.54, 1.807) is 7.11 Å². The van der Waals surface area contributed by atoms with Gasteiger partial charge in [-0.25, -0.2) is 0 Å². The maximum absolute atomic E-state index is 11.8. The van der Waals surface area contributed by atoms with Gasteiger partial charge in [0, 0.05) is 25.6 Å². The van der Waals surface area contributed by atoms with Gasteiger partial charge in [-0.15, -0.1) is 10.2 Å². The van der Waals surface area contributed by atoms with Crippen LogP contribution in [0.4, 0.5) is 5.82 Å². The summed E-state index contributed by atoms with van der Waals surface area (Å²) in [5.41, 5.74) is 8.56. The highest BCUT2D eigenvalue weighted by Gasteiger charge is 2.37. The average molecular weight is 326 g/mol. The molecule has 126 valence electrons. The minimum Gasteiger partial charge on any atom is -0.380 e. The molecule has 0 spiro atoms. The van der Waals surface area contributed by atoms with Crippen LogP contribution in [0.1, 0.15) is 18.9 Å². The fourth-order valence-electron chi connectivity index (χ4n) is 3.16. The van der Waals surface area contributed by atoms with Crippen molar-refractivity contribution in [2.45, 2.75) is 31.9 Å². The first-order valence-corrected chi connectivity index (χ1v) is 8.14. The molecule has 2 aromatic rings. The molecular formula is C18H22N4O2. The third-order valence-electron chi connectivity index (χ3n) is 4.51. The van der Waals surface area contributed by atoms with Gasteiger partial charge in [-0.2, -0.15) is 0 Å². The first-order chi connectivity index (χ1) is 11.6. The number of carbonyl (C=O) groups excluding carboxylic acids is 1. The van der Waals surface area contributed by atoms with E-state index in [4.69, 9.17) is 10.5 Å². The van der Waals surface area contributed by atoms with Gasteiger partial charge >= 0.3 is 0 Å². The number of primary amides is 1. The van der Waals surface area contributed by atoms with E-state index in [1.807, 2.05) is 41.3 Å². The van der Waals surface area contributed by atoms with Gasteiger partial charge in [-0.05, 0) is 18.1 Å². The molecule has 0 radical (unpaired) electrons. The van der Waals surface area contributed by atoms with Crippen molar-refractivity contribution in [3.8, 4) is 11.3 Å². The normalized spacial score (nSPS) is 20.3. The van der Waals surface area contributed by atoms with E-state index in [9.17, 15) is 4.79 Å². The number of hydrogen-bond acceptors (Lipinski definition) is 5. The third-order valence-corrected chi connectivity index (χ3v) is 4.51. The van der Waals surface area contributed by atoms with E-state index in [0.717, 1.165) is 23.2 Å². The minimum atomic E-state index is -0.406. The van der Waals surface area contributed by atoms with E-state index in [0.29, 0.717) is 18.8 Å². The maximum Gasteiger partial charge on any atom is 0.240 e. The number of hydrogen-bond donors (Lipinski definition) is 1. The van der Waals surface area contributed by atoms with Crippen molar-refractivity contribution in [3.63, 3.8) is 0 Å². The number of benzene rings is 1. The van der Waals surface area contributed by atoms with Crippen molar-refractivity contribution < 1.29 is 9.53 Å². The van der Waals surface area contributed by atoms with Crippen LogP contribution in [0, 0.1) is 0 Å². The third kappa shape index (κ3) is 3.10. The molecule has 0 saturated carbocycles. The Bertz CT molecular complexity index is 720. The molecule has 2 heterocycles. The molecule has 0 aliphatic carbocycles. The molecule has 2 atom stereocenters. The van der Waals surface area contributed by atoms with Crippen molar-refractivity contribution in [2.75, 3.05) is 18.6 Å². The van der Waals surface area contributed by atoms with Crippen LogP contribution in [-0.4, -0.2) is 41.9 Å². The number of amides is 1. The minimum absolute atomic E-state index is 0.0248. The van der Waals surface area contributed by atoms with E-state index in [-0.39, 0.29) is 12.0 Å². The Labute approximate surface area is 141 Å². The molecule has 1 amide bonds. The number of nitrogens with two attached hydrogens (primary N) is 1. The SMILES string of the molecule is CCc1cc(N2C[C@@H](OC)C[C@H]2C(N)=O)nnc1-c1ccccc1. The van der Waals surface area contributed by atoms with Gasteiger partial charge in [0.05, 0.1) is 11.8 Å². The zero-order chi connectivity index (χ0) is 17.1. The highest BCUT2D eigenvalue weighted by Crippen LogP contribution is 2.29. The van der Waals surface area contributed by atoms with Crippen LogP contribution in [0.15, 0.2) is 36.4 Å². The predicted molar refractivity (Wildman–Crippen MR) is 92.6 cm³/mol. The van der Waals surface area contributed by atoms with Crippen molar-refractivity contribution in [1.82, 2.24) is 10.2 Å². The molecule has 3 rings (SSSR count). The summed E-state index contributed by atoms with van der Waals surface area (Å²) in [5, 5.41) is 8.78. The van der Waals surface area contributed by atoms with E-state index in [1.165, 1.54) is 0 Å². The lowest BCUT2D eigenvalue weighted by Gasteiger charge is -2.23. The number of aryl methyl sites for hydroxylation is 1. The number of nitrogens with zero attached hydrogens (tertiary/aromatic N) is 3. The van der Waals surface area contributed by atoms with Crippen LogP contribution in [0.3, 0.4) is 0 Å². The summed E-state index contributed by atoms with van der Waals surface area (Å²) < 4.78 is 5.40. The Morgan fingerprint density at radius 1 is 1.33 bits per heavy atom. The number of carbonyl (C=O) groups is 1. The Morgan fingerprint density at radius 2 is 2.08 bits per heavy atom. The molecule has 1 aromatic carbocycles. The molecular weight excluding hydrogens is 304 g/mol. The van der Waals surface area contributed by atoms with Gasteiger partial charge in [0.15, 0.2) is 5.82 Å². The van der Waals surface area contributed by atoms with Crippen molar-refractivity contribution in [1.29, 1.82) is 0 Å². The molecule has 6 nitrogen and oxygen atoms in total. The molecule has 0 unspecified atom stereocenters. The van der Waals surface area contributed by atoms with Crippen LogP contribution >= 0.6 is 0 Å². The standard InChI is InChI=1S/C18H22N4O2/c1-3-12-9-16(20-21-17(12)13-7-5-4-6-8-13)22-11-14(24-2)10-15(22)18(19)23/h4-9,14-15H,3,10-11H2,1-2H3,(H2,19,23)/t14-,15-/m0/s1. The summed E-state index contributed by atoms with van der Waals surface area (Å²) in [4.78, 5) is 13.7. The van der Waals surface area contributed by atoms with E-state index >= 15 is 0 Å². The van der Waals surface area contributed by atoms with Gasteiger partial charge in [-0.1, -0.05) is 37.3 Å². The summed E-state index contributed by atoms with van der Waals surface area (Å²) in [5.74, 6) is 0.316. The van der Waals surface area contributed by atoms with Crippen LogP contribution in [0.5, 0.6) is 0 Å². The number of anilines is 1. The zero-order valence-electron chi connectivity index (χ0n) is 14.0. The summed E-state index contributed by atoms with van der Waals surface area (Å²) in [7, 11) is 1.65. The second-order valence-corrected chi connectivity index (χ2v) is 5.96. The lowest BCUT2D eigenvalue weighted by atomic mass is 10.0. The lowest BCUT2D eigenvalue weighted by Crippen LogP contribution is -2.41. The molecule has 2 N–H and O–H groups in total. The van der Waals surface area contributed by atoms with Gasteiger partial charge in [0.25, 0.3) is 0 Å². The smallest absolute Gasteiger partial charge is 0.240 e. The quantitative estimate of drug-likeness (QED) is 0.906. The molecule has 1 saturated heterocycles. The number of methoxy groups -OCH3 is 1. The monoisotopic (exact) mass is 326 g/mol. The lowest BCUT2D eigenvalue weighted by molar-refractivity contribution is -0.119. The summed E-state index contributed by atoms with van der Waals surface area (Å²) >= 11 is 0. The van der Waals surface area contributed by atoms with Crippen LogP contribution in [0.25, 0.3) is 11.3 Å². The van der Waals surface area contributed by atoms with Crippen LogP contribution < -0.4 is 10.6 Å². The predicted octanol–water partition coefficient (Wildman–Crippen LogP) is 1.78. The Hall–Kier alpha value is -2.47. The molecule has 24 heavy (non-hydrogen) atoms. The Balaban J connectivity index is 1.96. The number of rotatable bonds is 5. The van der Waals surface area contributed by atoms with Gasteiger partial charge < -0.3 is 15.4 Å². The van der Waals surface area contributed by atoms with Gasteiger partial charge in [-0.3, -0.25) is 4.79 Å². The number of ether oxygens (including phenoxy) is 1. The Kier molecular flexibility index (Phi) is 4.76.